The number of carbonyl (C=O) groups excluding carboxylic acids is 1. The van der Waals surface area contributed by atoms with Gasteiger partial charge in [0.1, 0.15) is 18.0 Å². The van der Waals surface area contributed by atoms with Gasteiger partial charge in [0.15, 0.2) is 11.0 Å². The number of aromatic nitrogens is 5. The smallest absolute Gasteiger partial charge is 0.315 e. The first kappa shape index (κ1) is 26.3. The first-order valence-electron chi connectivity index (χ1n) is 11.9. The molecular formula is C26H30FN7O2S. The van der Waals surface area contributed by atoms with Crippen LogP contribution < -0.4 is 10.6 Å². The van der Waals surface area contributed by atoms with Crippen LogP contribution in [0.3, 0.4) is 0 Å². The number of nitrogens with zero attached hydrogens (tertiary/aromatic N) is 5. The van der Waals surface area contributed by atoms with Gasteiger partial charge in [0.05, 0.1) is 11.7 Å². The van der Waals surface area contributed by atoms with Gasteiger partial charge in [-0.2, -0.15) is 4.98 Å². The van der Waals surface area contributed by atoms with Crippen molar-refractivity contribution in [3.8, 4) is 11.3 Å². The molecule has 0 fully saturated rings. The van der Waals surface area contributed by atoms with Crippen LogP contribution in [0, 0.1) is 12.7 Å². The van der Waals surface area contributed by atoms with Gasteiger partial charge in [0.2, 0.25) is 0 Å². The van der Waals surface area contributed by atoms with Gasteiger partial charge in [-0.25, -0.2) is 19.3 Å². The van der Waals surface area contributed by atoms with Crippen LogP contribution in [0.5, 0.6) is 0 Å². The quantitative estimate of drug-likeness (QED) is 0.299. The van der Waals surface area contributed by atoms with E-state index in [4.69, 9.17) is 4.52 Å². The Bertz CT molecular complexity index is 1420. The van der Waals surface area contributed by atoms with Crippen molar-refractivity contribution in [2.45, 2.75) is 65.8 Å². The third kappa shape index (κ3) is 5.99. The Morgan fingerprint density at radius 1 is 1.11 bits per heavy atom. The molecule has 11 heteroatoms. The molecule has 0 radical (unpaired) electrons. The number of thiazole rings is 1. The van der Waals surface area contributed by atoms with Crippen LogP contribution in [0.15, 0.2) is 35.2 Å². The molecule has 0 saturated carbocycles. The maximum Gasteiger partial charge on any atom is 0.315 e. The van der Waals surface area contributed by atoms with Crippen LogP contribution in [-0.4, -0.2) is 31.0 Å². The van der Waals surface area contributed by atoms with E-state index >= 15 is 4.39 Å². The Hall–Kier alpha value is -3.73. The lowest BCUT2D eigenvalue weighted by Crippen LogP contribution is -2.27. The van der Waals surface area contributed by atoms with Crippen LogP contribution in [0.25, 0.3) is 11.3 Å². The molecule has 194 valence electrons. The molecule has 0 aliphatic carbocycles. The molecule has 4 rings (SSSR count). The zero-order valence-corrected chi connectivity index (χ0v) is 22.7. The Balaban J connectivity index is 1.52. The number of nitrogens with one attached hydrogen (secondary N) is 2. The topological polar surface area (TPSA) is 119 Å². The maximum atomic E-state index is 15.3. The van der Waals surface area contributed by atoms with Crippen molar-refractivity contribution in [1.29, 1.82) is 0 Å². The van der Waals surface area contributed by atoms with Crippen molar-refractivity contribution >= 4 is 28.2 Å². The second-order valence-corrected chi connectivity index (χ2v) is 11.3. The Labute approximate surface area is 219 Å². The van der Waals surface area contributed by atoms with Crippen LogP contribution in [0.2, 0.25) is 0 Å². The van der Waals surface area contributed by atoms with E-state index in [-0.39, 0.29) is 11.3 Å². The average molecular weight is 524 g/mol. The van der Waals surface area contributed by atoms with Gasteiger partial charge in [-0.1, -0.05) is 39.8 Å². The first-order chi connectivity index (χ1) is 17.4. The lowest BCUT2D eigenvalue weighted by molar-refractivity contribution is 0.0895. The summed E-state index contributed by atoms with van der Waals surface area (Å²) in [6.07, 6.45) is 3.22. The molecule has 0 saturated heterocycles. The molecule has 2 N–H and O–H groups in total. The van der Waals surface area contributed by atoms with Crippen molar-refractivity contribution < 1.29 is 13.7 Å². The fraction of sp³-hybridized carbons (Fsp3) is 0.385. The van der Waals surface area contributed by atoms with Crippen molar-refractivity contribution in [2.75, 3.05) is 5.32 Å². The van der Waals surface area contributed by atoms with E-state index in [1.165, 1.54) is 12.4 Å². The summed E-state index contributed by atoms with van der Waals surface area (Å²) in [4.78, 5) is 30.9. The fourth-order valence-electron chi connectivity index (χ4n) is 3.61. The average Bonchev–Trinajstić information content (AvgIpc) is 3.50. The van der Waals surface area contributed by atoms with Crippen molar-refractivity contribution in [3.05, 3.63) is 64.3 Å². The molecule has 0 spiro atoms. The summed E-state index contributed by atoms with van der Waals surface area (Å²) in [6.45, 7) is 13.6. The highest BCUT2D eigenvalue weighted by atomic mass is 32.1. The standard InChI is InChI=1S/C26H30FN7O2S/c1-13(2)20-11-28-25(37-20)32-21-10-19(29-12-30-21)17-8-14(3)16(9-18(17)27)15(4)31-22(35)23-33-24(34-36-23)26(5,6)7/h8-13,15H,1-7H3,(H,31,35)(H,28,29,30,32)/t15-/m1/s1. The van der Waals surface area contributed by atoms with Crippen LogP contribution in [0.4, 0.5) is 15.3 Å². The van der Waals surface area contributed by atoms with E-state index in [0.717, 1.165) is 10.4 Å². The number of anilines is 2. The summed E-state index contributed by atoms with van der Waals surface area (Å²) in [5.41, 5.74) is 1.83. The zero-order chi connectivity index (χ0) is 26.9. The summed E-state index contributed by atoms with van der Waals surface area (Å²) < 4.78 is 20.4. The second-order valence-electron chi connectivity index (χ2n) is 10.2. The zero-order valence-electron chi connectivity index (χ0n) is 21.9. The van der Waals surface area contributed by atoms with Gasteiger partial charge in [-0.15, -0.1) is 11.3 Å². The molecule has 0 unspecified atom stereocenters. The number of benzene rings is 1. The summed E-state index contributed by atoms with van der Waals surface area (Å²) in [5, 5.41) is 10.6. The highest BCUT2D eigenvalue weighted by molar-refractivity contribution is 7.15. The third-order valence-electron chi connectivity index (χ3n) is 5.73. The van der Waals surface area contributed by atoms with Gasteiger partial charge in [0, 0.05) is 28.1 Å². The van der Waals surface area contributed by atoms with Gasteiger partial charge in [-0.05, 0) is 43.0 Å². The fourth-order valence-corrected chi connectivity index (χ4v) is 4.44. The normalized spacial score (nSPS) is 12.6. The number of aryl methyl sites for hydroxylation is 1. The summed E-state index contributed by atoms with van der Waals surface area (Å²) >= 11 is 1.55. The molecular weight excluding hydrogens is 493 g/mol. The van der Waals surface area contributed by atoms with Gasteiger partial charge in [0.25, 0.3) is 0 Å². The molecule has 9 nitrogen and oxygen atoms in total. The molecule has 1 atom stereocenters. The predicted molar refractivity (Wildman–Crippen MR) is 141 cm³/mol. The van der Waals surface area contributed by atoms with E-state index in [0.29, 0.717) is 39.5 Å². The third-order valence-corrected chi connectivity index (χ3v) is 6.94. The maximum absolute atomic E-state index is 15.3. The second kappa shape index (κ2) is 10.3. The van der Waals surface area contributed by atoms with Crippen molar-refractivity contribution in [2.24, 2.45) is 0 Å². The van der Waals surface area contributed by atoms with Crippen LogP contribution in [0.1, 0.15) is 86.0 Å². The van der Waals surface area contributed by atoms with E-state index < -0.39 is 17.8 Å². The first-order valence-corrected chi connectivity index (χ1v) is 12.7. The van der Waals surface area contributed by atoms with Crippen LogP contribution >= 0.6 is 11.3 Å². The summed E-state index contributed by atoms with van der Waals surface area (Å²) in [5.74, 6) is 0.221. The molecule has 4 aromatic rings. The number of hydrogen-bond donors (Lipinski definition) is 2. The van der Waals surface area contributed by atoms with Crippen molar-refractivity contribution in [3.63, 3.8) is 0 Å². The number of carbonyl (C=O) groups is 1. The number of hydrogen-bond acceptors (Lipinski definition) is 9. The molecule has 0 bridgehead atoms. The summed E-state index contributed by atoms with van der Waals surface area (Å²) in [6, 6.07) is 4.31. The van der Waals surface area contributed by atoms with Gasteiger partial charge >= 0.3 is 11.8 Å². The largest absolute Gasteiger partial charge is 0.341 e. The van der Waals surface area contributed by atoms with Gasteiger partial charge in [-0.3, -0.25) is 4.79 Å². The Kier molecular flexibility index (Phi) is 7.35. The van der Waals surface area contributed by atoms with E-state index in [9.17, 15) is 4.79 Å². The van der Waals surface area contributed by atoms with Crippen LogP contribution in [-0.2, 0) is 5.41 Å². The molecule has 1 amide bonds. The SMILES string of the molecule is Cc1cc(-c2cc(Nc3ncc(C(C)C)s3)ncn2)c(F)cc1[C@@H](C)NC(=O)c1nc(C(C)(C)C)no1. The lowest BCUT2D eigenvalue weighted by Gasteiger charge is -2.17. The number of halogens is 1. The summed E-state index contributed by atoms with van der Waals surface area (Å²) in [7, 11) is 0. The lowest BCUT2D eigenvalue weighted by atomic mass is 9.96. The molecule has 3 heterocycles. The minimum Gasteiger partial charge on any atom is -0.341 e. The Morgan fingerprint density at radius 3 is 2.51 bits per heavy atom. The highest BCUT2D eigenvalue weighted by Crippen LogP contribution is 2.31. The monoisotopic (exact) mass is 523 g/mol. The molecule has 0 aliphatic heterocycles. The number of rotatable bonds is 7. The molecule has 3 aromatic heterocycles. The molecule has 0 aliphatic rings. The predicted octanol–water partition coefficient (Wildman–Crippen LogP) is 6.09. The van der Waals surface area contributed by atoms with E-state index in [1.54, 1.807) is 30.4 Å². The number of amides is 1. The minimum atomic E-state index is -0.520. The minimum absolute atomic E-state index is 0.131. The molecule has 1 aromatic carbocycles. The van der Waals surface area contributed by atoms with E-state index in [1.807, 2.05) is 33.9 Å². The van der Waals surface area contributed by atoms with Gasteiger partial charge < -0.3 is 15.2 Å². The Morgan fingerprint density at radius 2 is 1.86 bits per heavy atom. The van der Waals surface area contributed by atoms with E-state index in [2.05, 4.69) is 49.6 Å². The highest BCUT2D eigenvalue weighted by Gasteiger charge is 2.25. The molecule has 37 heavy (non-hydrogen) atoms. The van der Waals surface area contributed by atoms with Crippen molar-refractivity contribution in [1.82, 2.24) is 30.4 Å².